The smallest absolute Gasteiger partial charge is 0.239 e. The van der Waals surface area contributed by atoms with E-state index in [0.717, 1.165) is 11.3 Å². The fraction of sp³-hybridized carbons (Fsp3) is 0.421. The molecule has 0 atom stereocenters. The minimum absolute atomic E-state index is 0.0526. The molecule has 2 amide bonds. The van der Waals surface area contributed by atoms with Crippen molar-refractivity contribution in [1.29, 1.82) is 0 Å². The number of likely N-dealkylation sites (N-methyl/N-ethyl adjacent to an activating group) is 1. The second kappa shape index (κ2) is 10.0. The fourth-order valence-corrected chi connectivity index (χ4v) is 3.14. The minimum atomic E-state index is -0.135. The highest BCUT2D eigenvalue weighted by molar-refractivity contribution is 7.99. The maximum Gasteiger partial charge on any atom is 0.239 e. The van der Waals surface area contributed by atoms with Crippen molar-refractivity contribution in [2.24, 2.45) is 0 Å². The standard InChI is InChI=1S/C19H25N3O3S/c1-4-22(10-17(23)20-14(2)3)18(24)13-26-12-16-11-25-19(21-16)15-8-6-5-7-9-15/h5-9,11,14H,4,10,12-13H2,1-3H3,(H,20,23). The molecule has 1 N–H and O–H groups in total. The lowest BCUT2D eigenvalue weighted by Crippen LogP contribution is -2.43. The summed E-state index contributed by atoms with van der Waals surface area (Å²) in [6.07, 6.45) is 1.62. The Morgan fingerprint density at radius 3 is 2.65 bits per heavy atom. The molecule has 0 spiro atoms. The molecule has 0 bridgehead atoms. The van der Waals surface area contributed by atoms with Gasteiger partial charge in [0.05, 0.1) is 18.0 Å². The zero-order valence-electron chi connectivity index (χ0n) is 15.4. The van der Waals surface area contributed by atoms with Gasteiger partial charge in [-0.25, -0.2) is 4.98 Å². The molecule has 0 aliphatic carbocycles. The Bertz CT molecular complexity index is 716. The average molecular weight is 375 g/mol. The van der Waals surface area contributed by atoms with Gasteiger partial charge in [0.25, 0.3) is 0 Å². The van der Waals surface area contributed by atoms with E-state index < -0.39 is 0 Å². The Hall–Kier alpha value is -2.28. The van der Waals surface area contributed by atoms with Gasteiger partial charge in [-0.3, -0.25) is 9.59 Å². The van der Waals surface area contributed by atoms with Crippen molar-refractivity contribution in [3.8, 4) is 11.5 Å². The van der Waals surface area contributed by atoms with Crippen molar-refractivity contribution in [1.82, 2.24) is 15.2 Å². The molecule has 1 heterocycles. The van der Waals surface area contributed by atoms with Gasteiger partial charge in [0.2, 0.25) is 17.7 Å². The zero-order valence-corrected chi connectivity index (χ0v) is 16.2. The van der Waals surface area contributed by atoms with Crippen LogP contribution in [0.25, 0.3) is 11.5 Å². The average Bonchev–Trinajstić information content (AvgIpc) is 3.08. The molecule has 0 saturated heterocycles. The van der Waals surface area contributed by atoms with Crippen LogP contribution in [0, 0.1) is 0 Å². The highest BCUT2D eigenvalue weighted by Gasteiger charge is 2.16. The third kappa shape index (κ3) is 6.22. The van der Waals surface area contributed by atoms with Crippen molar-refractivity contribution < 1.29 is 14.0 Å². The number of hydrogen-bond acceptors (Lipinski definition) is 5. The van der Waals surface area contributed by atoms with Crippen molar-refractivity contribution in [3.63, 3.8) is 0 Å². The van der Waals surface area contributed by atoms with Crippen LogP contribution in [0.15, 0.2) is 41.0 Å². The second-order valence-corrected chi connectivity index (χ2v) is 7.12. The van der Waals surface area contributed by atoms with E-state index in [4.69, 9.17) is 4.42 Å². The molecule has 1 aromatic heterocycles. The number of hydrogen-bond donors (Lipinski definition) is 1. The third-order valence-electron chi connectivity index (χ3n) is 3.57. The summed E-state index contributed by atoms with van der Waals surface area (Å²) in [4.78, 5) is 30.1. The molecule has 0 aliphatic heterocycles. The molecule has 26 heavy (non-hydrogen) atoms. The minimum Gasteiger partial charge on any atom is -0.444 e. The van der Waals surface area contributed by atoms with Crippen LogP contribution in [0.1, 0.15) is 26.5 Å². The molecule has 2 rings (SSSR count). The van der Waals surface area contributed by atoms with Gasteiger partial charge < -0.3 is 14.6 Å². The molecule has 140 valence electrons. The van der Waals surface area contributed by atoms with E-state index in [2.05, 4.69) is 10.3 Å². The van der Waals surface area contributed by atoms with E-state index in [9.17, 15) is 9.59 Å². The van der Waals surface area contributed by atoms with Gasteiger partial charge in [-0.2, -0.15) is 0 Å². The third-order valence-corrected chi connectivity index (χ3v) is 4.52. The molecule has 2 aromatic rings. The summed E-state index contributed by atoms with van der Waals surface area (Å²) < 4.78 is 5.49. The molecule has 0 fully saturated rings. The normalized spacial score (nSPS) is 10.8. The van der Waals surface area contributed by atoms with Crippen LogP contribution in [-0.4, -0.2) is 46.6 Å². The maximum atomic E-state index is 12.3. The van der Waals surface area contributed by atoms with Gasteiger partial charge in [-0.15, -0.1) is 11.8 Å². The molecule has 1 aromatic carbocycles. The van der Waals surface area contributed by atoms with Crippen molar-refractivity contribution >= 4 is 23.6 Å². The molecule has 6 nitrogen and oxygen atoms in total. The molecule has 0 radical (unpaired) electrons. The largest absolute Gasteiger partial charge is 0.444 e. The molecule has 0 aliphatic rings. The summed E-state index contributed by atoms with van der Waals surface area (Å²) >= 11 is 1.46. The Morgan fingerprint density at radius 2 is 2.00 bits per heavy atom. The highest BCUT2D eigenvalue weighted by atomic mass is 32.2. The van der Waals surface area contributed by atoms with Gasteiger partial charge in [-0.05, 0) is 32.9 Å². The van der Waals surface area contributed by atoms with E-state index in [1.165, 1.54) is 11.8 Å². The first-order chi connectivity index (χ1) is 12.5. The first kappa shape index (κ1) is 20.0. The van der Waals surface area contributed by atoms with Crippen LogP contribution >= 0.6 is 11.8 Å². The quantitative estimate of drug-likeness (QED) is 0.729. The predicted molar refractivity (Wildman–Crippen MR) is 104 cm³/mol. The number of carbonyl (C=O) groups excluding carboxylic acids is 2. The first-order valence-corrected chi connectivity index (χ1v) is 9.79. The summed E-state index contributed by atoms with van der Waals surface area (Å²) in [5.41, 5.74) is 1.72. The van der Waals surface area contributed by atoms with E-state index in [0.29, 0.717) is 23.9 Å². The summed E-state index contributed by atoms with van der Waals surface area (Å²) in [6, 6.07) is 9.75. The van der Waals surface area contributed by atoms with Crippen LogP contribution < -0.4 is 5.32 Å². The number of nitrogens with zero attached hydrogens (tertiary/aromatic N) is 2. The lowest BCUT2D eigenvalue weighted by molar-refractivity contribution is -0.134. The van der Waals surface area contributed by atoms with Crippen LogP contribution in [-0.2, 0) is 15.3 Å². The monoisotopic (exact) mass is 375 g/mol. The van der Waals surface area contributed by atoms with E-state index >= 15 is 0 Å². The molecule has 7 heteroatoms. The molecular formula is C19H25N3O3S. The summed E-state index contributed by atoms with van der Waals surface area (Å²) in [5.74, 6) is 1.27. The summed E-state index contributed by atoms with van der Waals surface area (Å²) in [7, 11) is 0. The van der Waals surface area contributed by atoms with Gasteiger partial charge in [0.15, 0.2) is 0 Å². The number of nitrogens with one attached hydrogen (secondary N) is 1. The van der Waals surface area contributed by atoms with Crippen molar-refractivity contribution in [2.45, 2.75) is 32.6 Å². The van der Waals surface area contributed by atoms with E-state index in [1.54, 1.807) is 11.2 Å². The van der Waals surface area contributed by atoms with Crippen LogP contribution in [0.2, 0.25) is 0 Å². The van der Waals surface area contributed by atoms with Gasteiger partial charge in [0.1, 0.15) is 6.26 Å². The van der Waals surface area contributed by atoms with Gasteiger partial charge in [-0.1, -0.05) is 18.2 Å². The number of oxazole rings is 1. The van der Waals surface area contributed by atoms with E-state index in [-0.39, 0.29) is 24.4 Å². The summed E-state index contributed by atoms with van der Waals surface area (Å²) in [5, 5.41) is 2.80. The number of thioether (sulfide) groups is 1. The van der Waals surface area contributed by atoms with Crippen LogP contribution in [0.4, 0.5) is 0 Å². The lowest BCUT2D eigenvalue weighted by Gasteiger charge is -2.20. The number of carbonyl (C=O) groups is 2. The second-order valence-electron chi connectivity index (χ2n) is 6.13. The van der Waals surface area contributed by atoms with Crippen molar-refractivity contribution in [3.05, 3.63) is 42.3 Å². The van der Waals surface area contributed by atoms with Gasteiger partial charge >= 0.3 is 0 Å². The SMILES string of the molecule is CCN(CC(=O)NC(C)C)C(=O)CSCc1coc(-c2ccccc2)n1. The maximum absolute atomic E-state index is 12.3. The zero-order chi connectivity index (χ0) is 18.9. The summed E-state index contributed by atoms with van der Waals surface area (Å²) in [6.45, 7) is 6.26. The van der Waals surface area contributed by atoms with Crippen LogP contribution in [0.3, 0.4) is 0 Å². The number of benzene rings is 1. The lowest BCUT2D eigenvalue weighted by atomic mass is 10.2. The predicted octanol–water partition coefficient (Wildman–Crippen LogP) is 2.95. The Morgan fingerprint density at radius 1 is 1.27 bits per heavy atom. The molecule has 0 saturated carbocycles. The molecular weight excluding hydrogens is 350 g/mol. The Kier molecular flexibility index (Phi) is 7.72. The number of aromatic nitrogens is 1. The highest BCUT2D eigenvalue weighted by Crippen LogP contribution is 2.20. The number of amides is 2. The van der Waals surface area contributed by atoms with E-state index in [1.807, 2.05) is 51.1 Å². The first-order valence-electron chi connectivity index (χ1n) is 8.64. The molecule has 0 unspecified atom stereocenters. The topological polar surface area (TPSA) is 75.4 Å². The van der Waals surface area contributed by atoms with Crippen LogP contribution in [0.5, 0.6) is 0 Å². The Labute approximate surface area is 158 Å². The van der Waals surface area contributed by atoms with Crippen molar-refractivity contribution in [2.75, 3.05) is 18.8 Å². The Balaban J connectivity index is 1.80. The van der Waals surface area contributed by atoms with Gasteiger partial charge in [0, 0.05) is 23.9 Å². The number of rotatable bonds is 9. The fourth-order valence-electron chi connectivity index (χ4n) is 2.34.